The third kappa shape index (κ3) is 6.87. The van der Waals surface area contributed by atoms with Crippen LogP contribution in [0.25, 0.3) is 0 Å². The van der Waals surface area contributed by atoms with Crippen LogP contribution >= 0.6 is 0 Å². The average Bonchev–Trinajstić information content (AvgIpc) is 2.84. The van der Waals surface area contributed by atoms with Gasteiger partial charge in [-0.1, -0.05) is 133 Å². The van der Waals surface area contributed by atoms with Crippen molar-refractivity contribution >= 4 is 24.3 Å². The van der Waals surface area contributed by atoms with E-state index in [2.05, 4.69) is 114 Å². The summed E-state index contributed by atoms with van der Waals surface area (Å²) in [6.07, 6.45) is 0. The second kappa shape index (κ2) is 12.3. The van der Waals surface area contributed by atoms with Gasteiger partial charge in [-0.25, -0.2) is 0 Å². The lowest BCUT2D eigenvalue weighted by Gasteiger charge is -2.17. The molecule has 0 aromatic heterocycles. The van der Waals surface area contributed by atoms with Gasteiger partial charge in [0.15, 0.2) is 0 Å². The Morgan fingerprint density at radius 3 is 0.882 bits per heavy atom. The zero-order valence-electron chi connectivity index (χ0n) is 21.3. The maximum absolute atomic E-state index is 5.18. The smallest absolute Gasteiger partial charge is 0.294 e. The summed E-state index contributed by atoms with van der Waals surface area (Å²) >= 11 is 0. The Kier molecular flexibility index (Phi) is 9.15. The van der Waals surface area contributed by atoms with Gasteiger partial charge in [-0.2, -0.15) is 0 Å². The molecule has 174 valence electrons. The van der Waals surface area contributed by atoms with Gasteiger partial charge in [0.05, 0.1) is 0 Å². The molecule has 3 aromatic rings. The van der Waals surface area contributed by atoms with Crippen molar-refractivity contribution in [2.75, 3.05) is 0 Å². The van der Waals surface area contributed by atoms with E-state index in [9.17, 15) is 0 Å². The van der Waals surface area contributed by atoms with Crippen LogP contribution in [0.2, 0.25) is 0 Å². The van der Waals surface area contributed by atoms with Crippen LogP contribution in [0, 0.1) is 17.8 Å². The van der Waals surface area contributed by atoms with E-state index in [1.807, 2.05) is 18.2 Å². The molecule has 0 aliphatic rings. The first kappa shape index (κ1) is 25.4. The van der Waals surface area contributed by atoms with Crippen molar-refractivity contribution in [3.8, 4) is 0 Å². The summed E-state index contributed by atoms with van der Waals surface area (Å²) in [6, 6.07) is 31.1. The van der Waals surface area contributed by atoms with E-state index in [0.717, 1.165) is 33.8 Å². The van der Waals surface area contributed by atoms with Gasteiger partial charge in [-0.3, -0.25) is 14.7 Å². The van der Waals surface area contributed by atoms with Gasteiger partial charge in [-0.15, -0.1) is 0 Å². The molecule has 0 heterocycles. The Bertz CT molecular complexity index is 969. The molecule has 0 bridgehead atoms. The molecule has 4 heteroatoms. The van der Waals surface area contributed by atoms with E-state index in [1.54, 1.807) is 0 Å². The Hall–Kier alpha value is -3.27. The number of hydrogen-bond acceptors (Lipinski definition) is 3. The molecule has 3 rings (SSSR count). The summed E-state index contributed by atoms with van der Waals surface area (Å²) in [5.74, 6) is 0.733. The van der Waals surface area contributed by atoms with Crippen LogP contribution in [0.3, 0.4) is 0 Å². The molecule has 3 nitrogen and oxygen atoms in total. The molecule has 0 radical (unpaired) electrons. The predicted molar refractivity (Wildman–Crippen MR) is 149 cm³/mol. The molecule has 0 amide bonds. The number of nitrogens with zero attached hydrogens (tertiary/aromatic N) is 3. The standard InChI is InChI=1S/C30H36BN3/c1-22(2)28(25-16-10-7-11-17-25)32-31(33-29(23(3)4)26-18-12-8-13-19-26)34-30(24(5)6)27-20-14-9-15-21-27/h7-24H,1-6H3. The zero-order valence-corrected chi connectivity index (χ0v) is 21.3. The first-order chi connectivity index (χ1) is 16.4. The van der Waals surface area contributed by atoms with Gasteiger partial charge in [0.25, 0.3) is 0 Å². The lowest BCUT2D eigenvalue weighted by atomic mass is 9.88. The van der Waals surface area contributed by atoms with Crippen LogP contribution < -0.4 is 0 Å². The molecule has 0 aliphatic carbocycles. The number of rotatable bonds is 9. The molecule has 0 N–H and O–H groups in total. The first-order valence-corrected chi connectivity index (χ1v) is 12.3. The third-order valence-corrected chi connectivity index (χ3v) is 5.61. The highest BCUT2D eigenvalue weighted by atomic mass is 15.0. The topological polar surface area (TPSA) is 37.1 Å². The maximum Gasteiger partial charge on any atom is 0.561 e. The fourth-order valence-electron chi connectivity index (χ4n) is 3.96. The minimum atomic E-state index is -0.562. The Morgan fingerprint density at radius 1 is 0.441 bits per heavy atom. The van der Waals surface area contributed by atoms with Gasteiger partial charge in [0.1, 0.15) is 0 Å². The van der Waals surface area contributed by atoms with E-state index in [-0.39, 0.29) is 17.8 Å². The van der Waals surface area contributed by atoms with Crippen LogP contribution in [0.5, 0.6) is 0 Å². The van der Waals surface area contributed by atoms with Crippen LogP contribution in [0.4, 0.5) is 0 Å². The van der Waals surface area contributed by atoms with Gasteiger partial charge >= 0.3 is 7.12 Å². The summed E-state index contributed by atoms with van der Waals surface area (Å²) in [6.45, 7) is 13.1. The van der Waals surface area contributed by atoms with Gasteiger partial charge in [0, 0.05) is 17.1 Å². The van der Waals surface area contributed by atoms with Crippen molar-refractivity contribution in [2.45, 2.75) is 41.5 Å². The highest BCUT2D eigenvalue weighted by molar-refractivity contribution is 6.59. The monoisotopic (exact) mass is 449 g/mol. The number of hydrogen-bond donors (Lipinski definition) is 0. The fourth-order valence-corrected chi connectivity index (χ4v) is 3.96. The van der Waals surface area contributed by atoms with Gasteiger partial charge in [0.2, 0.25) is 0 Å². The van der Waals surface area contributed by atoms with E-state index >= 15 is 0 Å². The van der Waals surface area contributed by atoms with Crippen molar-refractivity contribution in [1.82, 2.24) is 0 Å². The fraction of sp³-hybridized carbons (Fsp3) is 0.300. The third-order valence-electron chi connectivity index (χ3n) is 5.61. The molecular weight excluding hydrogens is 413 g/mol. The molecule has 3 aromatic carbocycles. The molecule has 0 aliphatic heterocycles. The summed E-state index contributed by atoms with van der Waals surface area (Å²) < 4.78 is 0. The second-order valence-electron chi connectivity index (χ2n) is 9.45. The summed E-state index contributed by atoms with van der Waals surface area (Å²) in [5.41, 5.74) is 6.40. The van der Waals surface area contributed by atoms with Crippen LogP contribution in [-0.2, 0) is 0 Å². The molecule has 0 saturated carbocycles. The average molecular weight is 449 g/mol. The molecule has 0 atom stereocenters. The summed E-state index contributed by atoms with van der Waals surface area (Å²) in [4.78, 5) is 15.5. The Labute approximate surface area is 206 Å². The molecule has 0 unspecified atom stereocenters. The Morgan fingerprint density at radius 2 is 0.676 bits per heavy atom. The number of benzene rings is 3. The van der Waals surface area contributed by atoms with Crippen LogP contribution in [0.15, 0.2) is 106 Å². The summed E-state index contributed by atoms with van der Waals surface area (Å²) in [7, 11) is -0.562. The first-order valence-electron chi connectivity index (χ1n) is 12.3. The van der Waals surface area contributed by atoms with Gasteiger partial charge in [-0.05, 0) is 34.4 Å². The van der Waals surface area contributed by atoms with Crippen LogP contribution in [-0.4, -0.2) is 24.3 Å². The minimum absolute atomic E-state index is 0.244. The zero-order chi connectivity index (χ0) is 24.5. The van der Waals surface area contributed by atoms with Crippen molar-refractivity contribution in [1.29, 1.82) is 0 Å². The highest BCUT2D eigenvalue weighted by Crippen LogP contribution is 2.17. The van der Waals surface area contributed by atoms with E-state index < -0.39 is 7.12 Å². The molecular formula is C30H36BN3. The normalized spacial score (nSPS) is 13.1. The second-order valence-corrected chi connectivity index (χ2v) is 9.45. The van der Waals surface area contributed by atoms with Crippen molar-refractivity contribution in [3.05, 3.63) is 108 Å². The van der Waals surface area contributed by atoms with Crippen LogP contribution in [0.1, 0.15) is 58.2 Å². The van der Waals surface area contributed by atoms with E-state index in [1.165, 1.54) is 0 Å². The maximum atomic E-state index is 5.18. The quantitative estimate of drug-likeness (QED) is 0.241. The van der Waals surface area contributed by atoms with E-state index in [4.69, 9.17) is 14.7 Å². The largest absolute Gasteiger partial charge is 0.561 e. The van der Waals surface area contributed by atoms with Crippen molar-refractivity contribution < 1.29 is 0 Å². The summed E-state index contributed by atoms with van der Waals surface area (Å²) in [5, 5.41) is 0. The van der Waals surface area contributed by atoms with E-state index in [0.29, 0.717) is 0 Å². The van der Waals surface area contributed by atoms with Gasteiger partial charge < -0.3 is 0 Å². The lowest BCUT2D eigenvalue weighted by Crippen LogP contribution is -2.23. The molecule has 0 spiro atoms. The lowest BCUT2D eigenvalue weighted by molar-refractivity contribution is 0.879. The molecule has 0 saturated heterocycles. The minimum Gasteiger partial charge on any atom is -0.294 e. The molecule has 34 heavy (non-hydrogen) atoms. The Balaban J connectivity index is 2.22. The predicted octanol–water partition coefficient (Wildman–Crippen LogP) is 7.41. The van der Waals surface area contributed by atoms with Crippen molar-refractivity contribution in [3.63, 3.8) is 0 Å². The highest BCUT2D eigenvalue weighted by Gasteiger charge is 2.22. The SMILES string of the molecule is CC(C)C(=NB(N=C(c1ccccc1)C(C)C)N=C(c1ccccc1)C(C)C)c1ccccc1. The van der Waals surface area contributed by atoms with Crippen molar-refractivity contribution in [2.24, 2.45) is 32.5 Å². The molecule has 0 fully saturated rings.